The second-order valence-electron chi connectivity index (χ2n) is 6.74. The molecule has 0 radical (unpaired) electrons. The van der Waals surface area contributed by atoms with Gasteiger partial charge >= 0.3 is 0 Å². The lowest BCUT2D eigenvalue weighted by molar-refractivity contribution is 0.600. The predicted molar refractivity (Wildman–Crippen MR) is 109 cm³/mol. The fraction of sp³-hybridized carbons (Fsp3) is 0.143. The van der Waals surface area contributed by atoms with Crippen molar-refractivity contribution >= 4 is 26.8 Å². The van der Waals surface area contributed by atoms with E-state index in [1.165, 1.54) is 0 Å². The minimum absolute atomic E-state index is 0.285. The largest absolute Gasteiger partial charge is 0.436 e. The third-order valence-electron chi connectivity index (χ3n) is 4.46. The fourth-order valence-corrected chi connectivity index (χ4v) is 4.96. The van der Waals surface area contributed by atoms with Gasteiger partial charge in [0.25, 0.3) is 10.0 Å². The number of pyridine rings is 1. The van der Waals surface area contributed by atoms with Crippen LogP contribution < -0.4 is 4.72 Å². The van der Waals surface area contributed by atoms with Crippen molar-refractivity contribution in [3.63, 3.8) is 0 Å². The normalized spacial score (nSPS) is 11.7. The van der Waals surface area contributed by atoms with Gasteiger partial charge < -0.3 is 4.42 Å². The quantitative estimate of drug-likeness (QED) is 0.547. The van der Waals surface area contributed by atoms with Crippen molar-refractivity contribution in [1.82, 2.24) is 9.97 Å². The van der Waals surface area contributed by atoms with E-state index in [9.17, 15) is 8.42 Å². The molecule has 0 unspecified atom stereocenters. The van der Waals surface area contributed by atoms with Crippen molar-refractivity contribution in [2.45, 2.75) is 25.7 Å². The van der Waals surface area contributed by atoms with E-state index in [4.69, 9.17) is 4.42 Å². The Hall–Kier alpha value is -3.19. The first-order valence-electron chi connectivity index (χ1n) is 8.76. The average Bonchev–Trinajstić information content (AvgIpc) is 3.06. The molecule has 2 aromatic heterocycles. The number of anilines is 1. The van der Waals surface area contributed by atoms with Gasteiger partial charge in [-0.3, -0.25) is 9.71 Å². The second kappa shape index (κ2) is 6.76. The van der Waals surface area contributed by atoms with Crippen LogP contribution in [0.15, 0.2) is 64.2 Å². The molecule has 0 amide bonds. The van der Waals surface area contributed by atoms with E-state index >= 15 is 0 Å². The van der Waals surface area contributed by atoms with Gasteiger partial charge in [-0.15, -0.1) is 0 Å². The Morgan fingerprint density at radius 3 is 2.32 bits per heavy atom. The number of fused-ring (bicyclic) bond motifs is 1. The molecule has 4 aromatic rings. The molecule has 6 nitrogen and oxygen atoms in total. The number of hydrogen-bond acceptors (Lipinski definition) is 5. The monoisotopic (exact) mass is 393 g/mol. The Morgan fingerprint density at radius 1 is 0.964 bits per heavy atom. The number of sulfonamides is 1. The van der Waals surface area contributed by atoms with E-state index < -0.39 is 10.0 Å². The maximum Gasteiger partial charge on any atom is 0.262 e. The van der Waals surface area contributed by atoms with Crippen molar-refractivity contribution in [3.8, 4) is 11.5 Å². The van der Waals surface area contributed by atoms with E-state index in [1.54, 1.807) is 56.6 Å². The Bertz CT molecular complexity index is 1260. The highest BCUT2D eigenvalue weighted by molar-refractivity contribution is 7.92. The Kier molecular flexibility index (Phi) is 4.39. The molecule has 4 rings (SSSR count). The van der Waals surface area contributed by atoms with Gasteiger partial charge in [-0.05, 0) is 56.2 Å². The minimum atomic E-state index is -3.78. The summed E-state index contributed by atoms with van der Waals surface area (Å²) in [7, 11) is -3.78. The predicted octanol–water partition coefficient (Wildman–Crippen LogP) is 4.62. The minimum Gasteiger partial charge on any atom is -0.436 e. The summed E-state index contributed by atoms with van der Waals surface area (Å²) in [6, 6.07) is 12.5. The topological polar surface area (TPSA) is 85.1 Å². The molecular formula is C21H19N3O3S. The molecule has 2 aromatic carbocycles. The van der Waals surface area contributed by atoms with Crippen LogP contribution >= 0.6 is 0 Å². The zero-order chi connectivity index (χ0) is 19.9. The van der Waals surface area contributed by atoms with Gasteiger partial charge in [-0.25, -0.2) is 13.4 Å². The van der Waals surface area contributed by atoms with Gasteiger partial charge in [-0.1, -0.05) is 23.8 Å². The van der Waals surface area contributed by atoms with Crippen LogP contribution in [0, 0.1) is 20.8 Å². The third-order valence-corrected chi connectivity index (χ3v) is 6.13. The van der Waals surface area contributed by atoms with Crippen molar-refractivity contribution in [1.29, 1.82) is 0 Å². The summed E-state index contributed by atoms with van der Waals surface area (Å²) in [5, 5.41) is 0. The highest BCUT2D eigenvalue weighted by Gasteiger charge is 2.22. The molecular weight excluding hydrogens is 374 g/mol. The van der Waals surface area contributed by atoms with Crippen LogP contribution in [0.25, 0.3) is 22.6 Å². The van der Waals surface area contributed by atoms with Gasteiger partial charge in [0.1, 0.15) is 5.52 Å². The Labute approximate surface area is 163 Å². The van der Waals surface area contributed by atoms with Gasteiger partial charge in [-0.2, -0.15) is 0 Å². The highest BCUT2D eigenvalue weighted by atomic mass is 32.2. The van der Waals surface area contributed by atoms with Gasteiger partial charge in [0.05, 0.1) is 10.6 Å². The van der Waals surface area contributed by atoms with E-state index in [2.05, 4.69) is 14.7 Å². The lowest BCUT2D eigenvalue weighted by atomic mass is 10.1. The summed E-state index contributed by atoms with van der Waals surface area (Å²) in [6.07, 6.45) is 3.30. The maximum absolute atomic E-state index is 13.1. The summed E-state index contributed by atoms with van der Waals surface area (Å²) in [4.78, 5) is 8.77. The first kappa shape index (κ1) is 18.2. The van der Waals surface area contributed by atoms with Crippen LogP contribution in [0.5, 0.6) is 0 Å². The second-order valence-corrected chi connectivity index (χ2v) is 8.36. The molecule has 0 fully saturated rings. The number of hydrogen-bond donors (Lipinski definition) is 1. The van der Waals surface area contributed by atoms with Crippen LogP contribution in [0.1, 0.15) is 16.7 Å². The standard InChI is InChI=1S/C21H19N3O3S/c1-13-11-14(2)20(15(3)12-13)28(25,26)24-17-5-4-6-18-19(17)23-21(27-18)16-7-9-22-10-8-16/h4-12,24H,1-3H3. The smallest absolute Gasteiger partial charge is 0.262 e. The van der Waals surface area contributed by atoms with Gasteiger partial charge in [0.2, 0.25) is 5.89 Å². The number of para-hydroxylation sites is 1. The number of rotatable bonds is 4. The lowest BCUT2D eigenvalue weighted by Crippen LogP contribution is -2.16. The number of nitrogens with one attached hydrogen (secondary N) is 1. The molecule has 28 heavy (non-hydrogen) atoms. The first-order chi connectivity index (χ1) is 13.3. The summed E-state index contributed by atoms with van der Waals surface area (Å²) < 4.78 is 34.7. The number of aromatic nitrogens is 2. The summed E-state index contributed by atoms with van der Waals surface area (Å²) in [6.45, 7) is 5.54. The van der Waals surface area contributed by atoms with Crippen LogP contribution in [0.3, 0.4) is 0 Å². The summed E-state index contributed by atoms with van der Waals surface area (Å²) in [5.41, 5.74) is 4.54. The number of nitrogens with zero attached hydrogens (tertiary/aromatic N) is 2. The van der Waals surface area contributed by atoms with E-state index in [0.29, 0.717) is 33.8 Å². The van der Waals surface area contributed by atoms with Crippen LogP contribution in [-0.4, -0.2) is 18.4 Å². The van der Waals surface area contributed by atoms with Gasteiger partial charge in [0, 0.05) is 18.0 Å². The Morgan fingerprint density at radius 2 is 1.64 bits per heavy atom. The van der Waals surface area contributed by atoms with Crippen LogP contribution in [-0.2, 0) is 10.0 Å². The first-order valence-corrected chi connectivity index (χ1v) is 10.2. The summed E-state index contributed by atoms with van der Waals surface area (Å²) in [5.74, 6) is 0.409. The molecule has 0 saturated carbocycles. The third kappa shape index (κ3) is 3.25. The molecule has 0 atom stereocenters. The molecule has 0 aliphatic rings. The molecule has 0 aliphatic carbocycles. The lowest BCUT2D eigenvalue weighted by Gasteiger charge is -2.14. The summed E-state index contributed by atoms with van der Waals surface area (Å²) >= 11 is 0. The van der Waals surface area contributed by atoms with Gasteiger partial charge in [0.15, 0.2) is 5.58 Å². The Balaban J connectivity index is 1.79. The van der Waals surface area contributed by atoms with E-state index in [1.807, 2.05) is 19.1 Å². The van der Waals surface area contributed by atoms with Crippen LogP contribution in [0.4, 0.5) is 5.69 Å². The average molecular weight is 393 g/mol. The van der Waals surface area contributed by atoms with Crippen LogP contribution in [0.2, 0.25) is 0 Å². The van der Waals surface area contributed by atoms with Crippen molar-refractivity contribution in [3.05, 3.63) is 71.5 Å². The van der Waals surface area contributed by atoms with Crippen molar-refractivity contribution in [2.75, 3.05) is 4.72 Å². The van der Waals surface area contributed by atoms with E-state index in [0.717, 1.165) is 11.1 Å². The molecule has 1 N–H and O–H groups in total. The maximum atomic E-state index is 13.1. The zero-order valence-electron chi connectivity index (χ0n) is 15.7. The fourth-order valence-electron chi connectivity index (χ4n) is 3.44. The SMILES string of the molecule is Cc1cc(C)c(S(=O)(=O)Nc2cccc3oc(-c4ccncc4)nc23)c(C)c1. The highest BCUT2D eigenvalue weighted by Crippen LogP contribution is 2.31. The molecule has 0 aliphatic heterocycles. The number of benzene rings is 2. The molecule has 0 bridgehead atoms. The molecule has 7 heteroatoms. The molecule has 0 spiro atoms. The van der Waals surface area contributed by atoms with E-state index in [-0.39, 0.29) is 4.90 Å². The van der Waals surface area contributed by atoms with Crippen molar-refractivity contribution < 1.29 is 12.8 Å². The number of oxazole rings is 1. The molecule has 0 saturated heterocycles. The van der Waals surface area contributed by atoms with Crippen molar-refractivity contribution in [2.24, 2.45) is 0 Å². The molecule has 142 valence electrons. The molecule has 2 heterocycles. The number of aryl methyl sites for hydroxylation is 3. The zero-order valence-corrected chi connectivity index (χ0v) is 16.5.